The van der Waals surface area contributed by atoms with Gasteiger partial charge in [0.05, 0.1) is 0 Å². The van der Waals surface area contributed by atoms with Crippen molar-refractivity contribution in [1.82, 2.24) is 14.7 Å². The smallest absolute Gasteiger partial charge is 0.416 e. The zero-order valence-corrected chi connectivity index (χ0v) is 43.1. The van der Waals surface area contributed by atoms with E-state index in [-0.39, 0.29) is 38.5 Å². The number of amides is 3. The molecule has 3 N–H and O–H groups in total. The van der Waals surface area contributed by atoms with Crippen molar-refractivity contribution in [1.29, 1.82) is 0 Å². The Labute approximate surface area is 412 Å². The highest BCUT2D eigenvalue weighted by atomic mass is 16.6. The lowest BCUT2D eigenvalue weighted by Gasteiger charge is -2.68. The fourth-order valence-corrected chi connectivity index (χ4v) is 14.6. The van der Waals surface area contributed by atoms with Crippen LogP contribution in [-0.2, 0) is 14.4 Å². The number of nitrogens with zero attached hydrogens (tertiary/aromatic N) is 3. The van der Waals surface area contributed by atoms with Crippen molar-refractivity contribution in [3.05, 3.63) is 91.0 Å². The van der Waals surface area contributed by atoms with E-state index >= 15 is 0 Å². The van der Waals surface area contributed by atoms with Gasteiger partial charge in [0.15, 0.2) is 0 Å². The van der Waals surface area contributed by atoms with Gasteiger partial charge < -0.3 is 29.5 Å². The molecule has 6 rings (SSSR count). The molecule has 15 nitrogen and oxygen atoms in total. The van der Waals surface area contributed by atoms with Crippen LogP contribution in [-0.4, -0.2) is 99.4 Å². The second kappa shape index (κ2) is 18.6. The zero-order valence-electron chi connectivity index (χ0n) is 43.1. The highest BCUT2D eigenvalue weighted by Crippen LogP contribution is 2.69. The summed E-state index contributed by atoms with van der Waals surface area (Å²) in [6.07, 6.45) is -1.62. The van der Waals surface area contributed by atoms with Gasteiger partial charge in [-0.15, -0.1) is 0 Å². The lowest BCUT2D eigenvalue weighted by atomic mass is 9.39. The molecule has 3 saturated heterocycles. The number of piperidine rings is 3. The Bertz CT molecular complexity index is 2270. The summed E-state index contributed by atoms with van der Waals surface area (Å²) in [6.45, 7) is 23.8. The monoisotopic (exact) mass is 968 g/mol. The van der Waals surface area contributed by atoms with Crippen LogP contribution in [0.3, 0.4) is 0 Å². The lowest BCUT2D eigenvalue weighted by Crippen LogP contribution is -2.75. The number of benzene rings is 3. The number of ether oxygens (including phenoxy) is 3. The fourth-order valence-electron chi connectivity index (χ4n) is 14.6. The molecule has 1 atom stereocenters. The molecule has 380 valence electrons. The van der Waals surface area contributed by atoms with Gasteiger partial charge in [-0.2, -0.15) is 0 Å². The standard InChI is InChI=1S/C55H73N3O12/c1-35(36-29-48(2,3)56(49(4,5)30-36)45(65)68-39-23-17-14-18-24-39)54(55(42(59)60,43(61)62)44(63)64,37-31-50(6,7)57(51(8,9)32-37)46(66)69-40-25-19-15-20-26-40)38-33-52(10,11)58(53(12,13)34-38)47(67)70-41-27-21-16-22-28-41/h14-28,35-38H,29-34H2,1-13H3,(H,59,60)(H,61,62)(H,63,64). The van der Waals surface area contributed by atoms with Crippen LogP contribution in [0.25, 0.3) is 0 Å². The van der Waals surface area contributed by atoms with Crippen molar-refractivity contribution in [2.45, 2.75) is 162 Å². The fraction of sp³-hybridized carbons (Fsp3) is 0.564. The molecule has 0 aliphatic carbocycles. The van der Waals surface area contributed by atoms with Crippen molar-refractivity contribution < 1.29 is 58.3 Å². The number of carboxylic acids is 3. The minimum atomic E-state index is -3.49. The van der Waals surface area contributed by atoms with Crippen LogP contribution in [0.15, 0.2) is 91.0 Å². The average molecular weight is 968 g/mol. The number of likely N-dealkylation sites (tertiary alicyclic amines) is 3. The van der Waals surface area contributed by atoms with E-state index in [1.54, 1.807) is 113 Å². The van der Waals surface area contributed by atoms with E-state index in [0.29, 0.717) is 17.2 Å². The summed E-state index contributed by atoms with van der Waals surface area (Å²) in [5, 5.41) is 35.4. The number of carbonyl (C=O) groups is 6. The second-order valence-electron chi connectivity index (χ2n) is 23.7. The van der Waals surface area contributed by atoms with Gasteiger partial charge in [-0.05, 0) is 182 Å². The van der Waals surface area contributed by atoms with Gasteiger partial charge in [-0.1, -0.05) is 61.5 Å². The predicted molar refractivity (Wildman–Crippen MR) is 262 cm³/mol. The van der Waals surface area contributed by atoms with E-state index in [1.807, 2.05) is 83.1 Å². The number of para-hydroxylation sites is 3. The predicted octanol–water partition coefficient (Wildman–Crippen LogP) is 11.3. The molecule has 3 aromatic carbocycles. The molecule has 70 heavy (non-hydrogen) atoms. The third kappa shape index (κ3) is 9.32. The van der Waals surface area contributed by atoms with Crippen molar-refractivity contribution in [2.75, 3.05) is 0 Å². The molecular formula is C55H73N3O12. The summed E-state index contributed by atoms with van der Waals surface area (Å²) < 4.78 is 17.8. The van der Waals surface area contributed by atoms with Crippen molar-refractivity contribution >= 4 is 36.2 Å². The van der Waals surface area contributed by atoms with E-state index in [4.69, 9.17) is 14.2 Å². The zero-order chi connectivity index (χ0) is 52.2. The first kappa shape index (κ1) is 53.2. The quantitative estimate of drug-likeness (QED) is 0.154. The number of rotatable bonds is 11. The van der Waals surface area contributed by atoms with Gasteiger partial charge >= 0.3 is 36.2 Å². The molecule has 3 aromatic rings. The Kier molecular flexibility index (Phi) is 14.1. The maximum absolute atomic E-state index is 14.6. The topological polar surface area (TPSA) is 201 Å². The largest absolute Gasteiger partial charge is 0.480 e. The average Bonchev–Trinajstić information content (AvgIpc) is 3.20. The van der Waals surface area contributed by atoms with Crippen LogP contribution >= 0.6 is 0 Å². The van der Waals surface area contributed by atoms with E-state index < -0.39 is 104 Å². The van der Waals surface area contributed by atoms with Crippen molar-refractivity contribution in [3.63, 3.8) is 0 Å². The van der Waals surface area contributed by atoms with Crippen LogP contribution in [0.2, 0.25) is 0 Å². The molecule has 15 heteroatoms. The van der Waals surface area contributed by atoms with Gasteiger partial charge in [0.1, 0.15) is 17.2 Å². The summed E-state index contributed by atoms with van der Waals surface area (Å²) in [5.41, 5.74) is -12.4. The van der Waals surface area contributed by atoms with Gasteiger partial charge in [0.25, 0.3) is 5.41 Å². The van der Waals surface area contributed by atoms with Crippen molar-refractivity contribution in [2.24, 2.45) is 34.5 Å². The van der Waals surface area contributed by atoms with Crippen LogP contribution in [0.1, 0.15) is 129 Å². The molecule has 0 aromatic heterocycles. The van der Waals surface area contributed by atoms with E-state index in [0.717, 1.165) is 0 Å². The first-order valence-electron chi connectivity index (χ1n) is 24.2. The molecule has 0 spiro atoms. The summed E-state index contributed by atoms with van der Waals surface area (Å²) in [7, 11) is 0. The van der Waals surface area contributed by atoms with Crippen LogP contribution in [0.5, 0.6) is 17.2 Å². The number of carboxylic acid groups (broad SMARTS) is 3. The van der Waals surface area contributed by atoms with Crippen LogP contribution < -0.4 is 14.2 Å². The van der Waals surface area contributed by atoms with Gasteiger partial charge in [0, 0.05) is 38.6 Å². The Morgan fingerprint density at radius 1 is 0.443 bits per heavy atom. The maximum Gasteiger partial charge on any atom is 0.416 e. The SMILES string of the molecule is CC(C1CC(C)(C)N(C(=O)Oc2ccccc2)C(C)(C)C1)C(C1CC(C)(C)N(C(=O)Oc2ccccc2)C(C)(C)C1)(C1CC(C)(C)N(C(=O)Oc2ccccc2)C(C)(C)C1)C(C(=O)O)(C(=O)O)C(=O)O. The first-order chi connectivity index (χ1) is 32.3. The number of hydrogen-bond acceptors (Lipinski definition) is 9. The van der Waals surface area contributed by atoms with Gasteiger partial charge in [-0.3, -0.25) is 29.1 Å². The van der Waals surface area contributed by atoms with Gasteiger partial charge in [-0.25, -0.2) is 14.4 Å². The molecular weight excluding hydrogens is 895 g/mol. The second-order valence-corrected chi connectivity index (χ2v) is 23.7. The molecule has 3 heterocycles. The van der Waals surface area contributed by atoms with Crippen LogP contribution in [0, 0.1) is 34.5 Å². The van der Waals surface area contributed by atoms with E-state index in [9.17, 15) is 44.1 Å². The Morgan fingerprint density at radius 3 is 0.900 bits per heavy atom. The minimum Gasteiger partial charge on any atom is -0.480 e. The highest BCUT2D eigenvalue weighted by molar-refractivity contribution is 6.17. The van der Waals surface area contributed by atoms with E-state index in [2.05, 4.69) is 0 Å². The molecule has 3 amide bonds. The number of hydrogen-bond donors (Lipinski definition) is 3. The third-order valence-corrected chi connectivity index (χ3v) is 16.0. The Balaban J connectivity index is 1.60. The van der Waals surface area contributed by atoms with Gasteiger partial charge in [0.2, 0.25) is 0 Å². The van der Waals surface area contributed by atoms with Crippen LogP contribution in [0.4, 0.5) is 14.4 Å². The molecule has 0 saturated carbocycles. The normalized spacial score (nSPS) is 21.5. The number of aliphatic carboxylic acids is 3. The third-order valence-electron chi connectivity index (χ3n) is 16.0. The minimum absolute atomic E-state index is 0.0214. The highest BCUT2D eigenvalue weighted by Gasteiger charge is 2.78. The van der Waals surface area contributed by atoms with Crippen molar-refractivity contribution in [3.8, 4) is 17.2 Å². The molecule has 3 aliphatic heterocycles. The maximum atomic E-state index is 14.6. The molecule has 0 bridgehead atoms. The molecule has 3 fully saturated rings. The lowest BCUT2D eigenvalue weighted by molar-refractivity contribution is -0.230. The first-order valence-corrected chi connectivity index (χ1v) is 24.2. The molecule has 1 unspecified atom stereocenters. The molecule has 3 aliphatic rings. The summed E-state index contributed by atoms with van der Waals surface area (Å²) in [4.78, 5) is 91.8. The Hall–Kier alpha value is -6.12. The van der Waals surface area contributed by atoms with E-state index in [1.165, 1.54) is 0 Å². The summed E-state index contributed by atoms with van der Waals surface area (Å²) in [5.74, 6) is -8.75. The summed E-state index contributed by atoms with van der Waals surface area (Å²) in [6, 6.07) is 25.8. The molecule has 0 radical (unpaired) electrons. The number of carbonyl (C=O) groups excluding carboxylic acids is 3. The summed E-state index contributed by atoms with van der Waals surface area (Å²) >= 11 is 0. The Morgan fingerprint density at radius 2 is 0.671 bits per heavy atom.